The molecule has 126 valence electrons. The van der Waals surface area contributed by atoms with Crippen LogP contribution in [0.3, 0.4) is 0 Å². The van der Waals surface area contributed by atoms with Crippen molar-refractivity contribution >= 4 is 5.91 Å². The minimum Gasteiger partial charge on any atom is -0.480 e. The first-order chi connectivity index (χ1) is 11.7. The minimum atomic E-state index is -0.530. The second-order valence-electron chi connectivity index (χ2n) is 6.30. The number of aromatic amines is 1. The number of ether oxygens (including phenoxy) is 1. The van der Waals surface area contributed by atoms with E-state index in [0.29, 0.717) is 25.4 Å². The second-order valence-corrected chi connectivity index (χ2v) is 6.30. The fourth-order valence-electron chi connectivity index (χ4n) is 3.46. The Bertz CT molecular complexity index is 789. The van der Waals surface area contributed by atoms with Crippen molar-refractivity contribution in [3.8, 4) is 5.75 Å². The van der Waals surface area contributed by atoms with Crippen LogP contribution >= 0.6 is 0 Å². The number of hydrogen-bond acceptors (Lipinski definition) is 5. The number of benzene rings is 1. The standard InChI is InChI=1S/C17H19N3O4/c21-16(14-6-5-11-3-1-2-4-13(11)23-14)20-9-7-12(8-10-20)15-18-19-17(22)24-15/h1-4,12,14H,5-10H2,(H,19,22). The largest absolute Gasteiger partial charge is 0.480 e. The summed E-state index contributed by atoms with van der Waals surface area (Å²) in [5.74, 6) is 0.857. The zero-order chi connectivity index (χ0) is 16.5. The number of piperidine rings is 1. The molecular weight excluding hydrogens is 310 g/mol. The van der Waals surface area contributed by atoms with Crippen molar-refractivity contribution in [1.82, 2.24) is 15.1 Å². The molecule has 0 radical (unpaired) electrons. The molecule has 3 heterocycles. The Kier molecular flexibility index (Phi) is 3.84. The lowest BCUT2D eigenvalue weighted by Crippen LogP contribution is -2.46. The highest BCUT2D eigenvalue weighted by atomic mass is 16.5. The maximum atomic E-state index is 12.7. The van der Waals surface area contributed by atoms with Gasteiger partial charge in [-0.25, -0.2) is 9.89 Å². The van der Waals surface area contributed by atoms with Crippen molar-refractivity contribution in [3.05, 3.63) is 46.3 Å². The zero-order valence-corrected chi connectivity index (χ0v) is 13.2. The number of carbonyl (C=O) groups excluding carboxylic acids is 1. The van der Waals surface area contributed by atoms with Gasteiger partial charge in [0.1, 0.15) is 5.75 Å². The molecular formula is C17H19N3O4. The van der Waals surface area contributed by atoms with Gasteiger partial charge >= 0.3 is 5.76 Å². The van der Waals surface area contributed by atoms with Gasteiger partial charge < -0.3 is 14.1 Å². The molecule has 1 aromatic carbocycles. The number of rotatable bonds is 2. The lowest BCUT2D eigenvalue weighted by molar-refractivity contribution is -0.140. The van der Waals surface area contributed by atoms with Crippen molar-refractivity contribution in [3.63, 3.8) is 0 Å². The van der Waals surface area contributed by atoms with Crippen molar-refractivity contribution < 1.29 is 13.9 Å². The highest BCUT2D eigenvalue weighted by Crippen LogP contribution is 2.30. The number of H-pyrrole nitrogens is 1. The SMILES string of the molecule is O=C(C1CCc2ccccc2O1)N1CCC(c2n[nH]c(=O)o2)CC1. The monoisotopic (exact) mass is 329 g/mol. The smallest absolute Gasteiger partial charge is 0.434 e. The van der Waals surface area contributed by atoms with Gasteiger partial charge in [-0.1, -0.05) is 18.2 Å². The van der Waals surface area contributed by atoms with Gasteiger partial charge in [-0.3, -0.25) is 4.79 Å². The molecule has 1 atom stereocenters. The third-order valence-corrected chi connectivity index (χ3v) is 4.80. The van der Waals surface area contributed by atoms with E-state index in [1.54, 1.807) is 0 Å². The molecule has 1 saturated heterocycles. The van der Waals surface area contributed by atoms with E-state index in [-0.39, 0.29) is 11.8 Å². The van der Waals surface area contributed by atoms with Gasteiger partial charge in [0.15, 0.2) is 6.10 Å². The first-order valence-electron chi connectivity index (χ1n) is 8.29. The molecule has 0 bridgehead atoms. The van der Waals surface area contributed by atoms with Crippen LogP contribution in [-0.4, -0.2) is 40.2 Å². The third-order valence-electron chi connectivity index (χ3n) is 4.80. The molecule has 7 heteroatoms. The second kappa shape index (κ2) is 6.14. The summed E-state index contributed by atoms with van der Waals surface area (Å²) in [6, 6.07) is 7.87. The van der Waals surface area contributed by atoms with Crippen LogP contribution in [0.1, 0.15) is 36.6 Å². The summed E-state index contributed by atoms with van der Waals surface area (Å²) in [4.78, 5) is 25.6. The van der Waals surface area contributed by atoms with Gasteiger partial charge in [0.2, 0.25) is 5.89 Å². The van der Waals surface area contributed by atoms with E-state index in [1.165, 1.54) is 0 Å². The predicted molar refractivity (Wildman–Crippen MR) is 84.9 cm³/mol. The third kappa shape index (κ3) is 2.81. The van der Waals surface area contributed by atoms with Crippen molar-refractivity contribution in [1.29, 1.82) is 0 Å². The van der Waals surface area contributed by atoms with Crippen molar-refractivity contribution in [2.75, 3.05) is 13.1 Å². The Balaban J connectivity index is 1.37. The quantitative estimate of drug-likeness (QED) is 0.901. The van der Waals surface area contributed by atoms with E-state index < -0.39 is 11.9 Å². The van der Waals surface area contributed by atoms with Crippen LogP contribution in [0.5, 0.6) is 5.75 Å². The average Bonchev–Trinajstić information content (AvgIpc) is 3.07. The molecule has 1 N–H and O–H groups in total. The van der Waals surface area contributed by atoms with E-state index >= 15 is 0 Å². The number of fused-ring (bicyclic) bond motifs is 1. The van der Waals surface area contributed by atoms with Gasteiger partial charge in [-0.05, 0) is 37.3 Å². The van der Waals surface area contributed by atoms with Gasteiger partial charge in [0.25, 0.3) is 5.91 Å². The Labute approximate surface area is 138 Å². The van der Waals surface area contributed by atoms with E-state index in [9.17, 15) is 9.59 Å². The average molecular weight is 329 g/mol. The number of nitrogens with zero attached hydrogens (tertiary/aromatic N) is 2. The molecule has 0 aliphatic carbocycles. The number of para-hydroxylation sites is 1. The highest BCUT2D eigenvalue weighted by Gasteiger charge is 2.33. The molecule has 4 rings (SSSR count). The van der Waals surface area contributed by atoms with Crippen LogP contribution in [0, 0.1) is 0 Å². The first-order valence-corrected chi connectivity index (χ1v) is 8.29. The van der Waals surface area contributed by atoms with Gasteiger partial charge in [-0.15, -0.1) is 5.10 Å². The number of aryl methyl sites for hydroxylation is 1. The van der Waals surface area contributed by atoms with Crippen LogP contribution in [0.15, 0.2) is 33.5 Å². The molecule has 2 aliphatic rings. The van der Waals surface area contributed by atoms with E-state index in [4.69, 9.17) is 9.15 Å². The van der Waals surface area contributed by atoms with E-state index in [0.717, 1.165) is 30.6 Å². The summed E-state index contributed by atoms with van der Waals surface area (Å²) in [5, 5.41) is 6.18. The Morgan fingerprint density at radius 3 is 2.75 bits per heavy atom. The normalized spacial score (nSPS) is 21.2. The molecule has 1 aromatic heterocycles. The zero-order valence-electron chi connectivity index (χ0n) is 13.2. The Hall–Kier alpha value is -2.57. The number of amides is 1. The summed E-state index contributed by atoms with van der Waals surface area (Å²) >= 11 is 0. The molecule has 7 nitrogen and oxygen atoms in total. The summed E-state index contributed by atoms with van der Waals surface area (Å²) in [5.41, 5.74) is 1.16. The predicted octanol–water partition coefficient (Wildman–Crippen LogP) is 1.46. The molecule has 2 aromatic rings. The molecule has 0 saturated carbocycles. The summed E-state index contributed by atoms with van der Waals surface area (Å²) in [6.07, 6.45) is 2.65. The van der Waals surface area contributed by atoms with Crippen LogP contribution in [0.25, 0.3) is 0 Å². The van der Waals surface area contributed by atoms with E-state index in [1.807, 2.05) is 29.2 Å². The molecule has 1 fully saturated rings. The molecule has 2 aliphatic heterocycles. The Morgan fingerprint density at radius 2 is 2.00 bits per heavy atom. The molecule has 0 spiro atoms. The highest BCUT2D eigenvalue weighted by molar-refractivity contribution is 5.81. The fraction of sp³-hybridized carbons (Fsp3) is 0.471. The summed E-state index contributed by atoms with van der Waals surface area (Å²) in [6.45, 7) is 1.25. The maximum absolute atomic E-state index is 12.7. The number of aromatic nitrogens is 2. The van der Waals surface area contributed by atoms with E-state index in [2.05, 4.69) is 10.2 Å². The lowest BCUT2D eigenvalue weighted by atomic mass is 9.95. The van der Waals surface area contributed by atoms with Gasteiger partial charge in [0.05, 0.1) is 0 Å². The summed E-state index contributed by atoms with van der Waals surface area (Å²) in [7, 11) is 0. The van der Waals surface area contributed by atoms with Gasteiger partial charge in [0, 0.05) is 19.0 Å². The lowest BCUT2D eigenvalue weighted by Gasteiger charge is -2.34. The summed E-state index contributed by atoms with van der Waals surface area (Å²) < 4.78 is 10.9. The Morgan fingerprint density at radius 1 is 1.21 bits per heavy atom. The maximum Gasteiger partial charge on any atom is 0.434 e. The van der Waals surface area contributed by atoms with Crippen LogP contribution in [0.2, 0.25) is 0 Å². The first kappa shape index (κ1) is 15.0. The topological polar surface area (TPSA) is 88.4 Å². The molecule has 1 amide bonds. The number of hydrogen-bond donors (Lipinski definition) is 1. The van der Waals surface area contributed by atoms with Crippen molar-refractivity contribution in [2.24, 2.45) is 0 Å². The van der Waals surface area contributed by atoms with Crippen molar-refractivity contribution in [2.45, 2.75) is 37.7 Å². The number of likely N-dealkylation sites (tertiary alicyclic amines) is 1. The van der Waals surface area contributed by atoms with Crippen LogP contribution < -0.4 is 10.5 Å². The minimum absolute atomic E-state index is 0.0476. The molecule has 24 heavy (non-hydrogen) atoms. The van der Waals surface area contributed by atoms with Crippen LogP contribution in [-0.2, 0) is 11.2 Å². The van der Waals surface area contributed by atoms with Crippen LogP contribution in [0.4, 0.5) is 0 Å². The fourth-order valence-corrected chi connectivity index (χ4v) is 3.46. The molecule has 1 unspecified atom stereocenters. The number of nitrogens with one attached hydrogen (secondary N) is 1. The van der Waals surface area contributed by atoms with Gasteiger partial charge in [-0.2, -0.15) is 0 Å². The number of carbonyl (C=O) groups is 1.